The molecule has 0 N–H and O–H groups in total. The molecule has 0 rings (SSSR count). The second kappa shape index (κ2) is 5050. The summed E-state index contributed by atoms with van der Waals surface area (Å²) in [6.45, 7) is 0. The molecule has 0 aliphatic carbocycles. The minimum absolute atomic E-state index is 0. The van der Waals surface area contributed by atoms with Gasteiger partial charge in [0.05, 0.1) is 0 Å². The van der Waals surface area contributed by atoms with E-state index in [4.69, 9.17) is 0 Å². The van der Waals surface area contributed by atoms with Crippen LogP contribution in [0.25, 0.3) is 0 Å². The number of rotatable bonds is 0. The van der Waals surface area contributed by atoms with E-state index in [1.165, 1.54) is 0 Å². The monoisotopic (exact) mass is 172 g/mol. The Labute approximate surface area is 49.9 Å². The quantitative estimate of drug-likeness (QED) is 0.358. The molecule has 0 fully saturated rings. The summed E-state index contributed by atoms with van der Waals surface area (Å²) < 4.78 is 0. The Morgan fingerprint density at radius 3 is 0.600 bits per heavy atom. The topological polar surface area (TPSA) is 0 Å². The Kier molecular flexibility index (Phi) is 20700. The van der Waals surface area contributed by atoms with E-state index in [1.54, 1.807) is 0 Å². The van der Waals surface area contributed by atoms with Gasteiger partial charge in [-0.05, 0) is 0 Å². The van der Waals surface area contributed by atoms with Crippen molar-refractivity contribution in [1.82, 2.24) is 0 Å². The van der Waals surface area contributed by atoms with Crippen molar-refractivity contribution in [1.29, 1.82) is 0 Å². The molecule has 0 aromatic heterocycles. The predicted octanol–water partition coefficient (Wildman–Crippen LogP) is 0.118. The number of terminal acetylenes is 2. The Hall–Kier alpha value is -0.0813. The summed E-state index contributed by atoms with van der Waals surface area (Å²) in [5, 5.41) is 0. The molecule has 5 heavy (non-hydrogen) atoms. The van der Waals surface area contributed by atoms with Crippen LogP contribution in [0.15, 0.2) is 0 Å². The number of hydrogen-bond donors (Lipinski definition) is 0. The van der Waals surface area contributed by atoms with Crippen LogP contribution in [0.5, 0.6) is 0 Å². The van der Waals surface area contributed by atoms with Crippen LogP contribution < -0.4 is 0 Å². The predicted molar refractivity (Wildman–Crippen MR) is 25.5 cm³/mol. The van der Waals surface area contributed by atoms with E-state index in [1.807, 2.05) is 0 Å². The van der Waals surface area contributed by atoms with Gasteiger partial charge in [-0.15, -0.1) is 25.7 Å². The van der Waals surface area contributed by atoms with E-state index in [2.05, 4.69) is 25.7 Å². The summed E-state index contributed by atoms with van der Waals surface area (Å²) in [6, 6.07) is 0. The number of hydrogen-bond acceptors (Lipinski definition) is 0. The summed E-state index contributed by atoms with van der Waals surface area (Å²) >= 11 is 0. The molecule has 0 aromatic rings. The summed E-state index contributed by atoms with van der Waals surface area (Å²) in [6.07, 6.45) is 16.0. The maximum absolute atomic E-state index is 4.00. The van der Waals surface area contributed by atoms with Crippen molar-refractivity contribution in [3.8, 4) is 25.7 Å². The zero-order valence-electron chi connectivity index (χ0n) is 2.81. The van der Waals surface area contributed by atoms with Gasteiger partial charge in [-0.25, -0.2) is 0 Å². The normalized spacial score (nSPS) is 0.800. The van der Waals surface area contributed by atoms with Gasteiger partial charge in [0.2, 0.25) is 0 Å². The van der Waals surface area contributed by atoms with Gasteiger partial charge in [-0.2, -0.15) is 0 Å². The van der Waals surface area contributed by atoms with Crippen molar-refractivity contribution < 1.29 is 0 Å². The average molecular weight is 171 g/mol. The summed E-state index contributed by atoms with van der Waals surface area (Å²) in [4.78, 5) is 0. The molecule has 0 aromatic carbocycles. The molecule has 0 aliphatic heterocycles. The van der Waals surface area contributed by atoms with E-state index in [-0.39, 0.29) is 23.9 Å². The van der Waals surface area contributed by atoms with Crippen molar-refractivity contribution in [2.24, 2.45) is 0 Å². The zero-order chi connectivity index (χ0) is 4.00. The fourth-order valence-electron chi connectivity index (χ4n) is 0. The fourth-order valence-corrected chi connectivity index (χ4v) is 0. The van der Waals surface area contributed by atoms with Crippen LogP contribution in [0.1, 0.15) is 0 Å². The van der Waals surface area contributed by atoms with Crippen molar-refractivity contribution >= 4 is 23.9 Å². The molecule has 0 aliphatic rings. The smallest absolute Gasteiger partial charge is 0 e. The molecule has 0 nitrogen and oxygen atoms in total. The zero-order valence-corrected chi connectivity index (χ0v) is 5.66. The Balaban J connectivity index is -0.0000000133. The second-order valence-corrected chi connectivity index (χ2v) is 0. The molecular weight excluding hydrogens is 167 g/mol. The van der Waals surface area contributed by atoms with Crippen molar-refractivity contribution in [2.45, 2.75) is 0 Å². The molecule has 0 saturated carbocycles. The van der Waals surface area contributed by atoms with Gasteiger partial charge in [-0.3, -0.25) is 0 Å². The van der Waals surface area contributed by atoms with Gasteiger partial charge in [0, 0.05) is 23.9 Å². The molecule has 4 radical (unpaired) electrons. The molecule has 0 bridgehead atoms. The van der Waals surface area contributed by atoms with Gasteiger partial charge < -0.3 is 0 Å². The first kappa shape index (κ1) is 20.5. The average Bonchev–Trinajstić information content (AvgIpc) is 1.50. The van der Waals surface area contributed by atoms with Gasteiger partial charge in [0.1, 0.15) is 0 Å². The van der Waals surface area contributed by atoms with Crippen LogP contribution in [-0.4, -0.2) is 23.9 Å². The first-order valence-corrected chi connectivity index (χ1v) is 0.667. The molecular formula is C4H4Sn. The maximum Gasteiger partial charge on any atom is 0 e. The Bertz CT molecular complexity index is 19.1. The first-order valence-electron chi connectivity index (χ1n) is 0.667. The van der Waals surface area contributed by atoms with Crippen LogP contribution in [0, 0.1) is 25.7 Å². The van der Waals surface area contributed by atoms with E-state index in [0.29, 0.717) is 0 Å². The molecule has 0 atom stereocenters. The minimum Gasteiger partial charge on any atom is -0.124 e. The van der Waals surface area contributed by atoms with E-state index in [9.17, 15) is 0 Å². The maximum atomic E-state index is 4.00. The Morgan fingerprint density at radius 2 is 0.600 bits per heavy atom. The van der Waals surface area contributed by atoms with Crippen molar-refractivity contribution in [3.63, 3.8) is 0 Å². The molecule has 0 spiro atoms. The summed E-state index contributed by atoms with van der Waals surface area (Å²) in [5.74, 6) is 0. The molecule has 0 amide bonds. The first-order chi connectivity index (χ1) is 2.00. The third kappa shape index (κ3) is 2180. The third-order valence-corrected chi connectivity index (χ3v) is 0. The molecule has 0 unspecified atom stereocenters. The van der Waals surface area contributed by atoms with Gasteiger partial charge in [0.25, 0.3) is 0 Å². The van der Waals surface area contributed by atoms with E-state index in [0.717, 1.165) is 0 Å². The van der Waals surface area contributed by atoms with Crippen LogP contribution in [-0.2, 0) is 0 Å². The minimum atomic E-state index is 0. The fraction of sp³-hybridized carbons (Fsp3) is 0. The second-order valence-electron chi connectivity index (χ2n) is 0. The van der Waals surface area contributed by atoms with E-state index < -0.39 is 0 Å². The van der Waals surface area contributed by atoms with Gasteiger partial charge >= 0.3 is 0 Å². The summed E-state index contributed by atoms with van der Waals surface area (Å²) in [5.41, 5.74) is 0. The molecule has 0 heterocycles. The van der Waals surface area contributed by atoms with Gasteiger partial charge in [-0.1, -0.05) is 0 Å². The largest absolute Gasteiger partial charge is 0.124 e. The molecule has 1 heteroatoms. The van der Waals surface area contributed by atoms with Crippen LogP contribution in [0.4, 0.5) is 0 Å². The van der Waals surface area contributed by atoms with Crippen LogP contribution >= 0.6 is 0 Å². The van der Waals surface area contributed by atoms with Crippen molar-refractivity contribution in [2.75, 3.05) is 0 Å². The SMILES string of the molecule is C#C.C#C.[Sn]. The van der Waals surface area contributed by atoms with Crippen LogP contribution in [0.3, 0.4) is 0 Å². The molecule has 0 saturated heterocycles. The summed E-state index contributed by atoms with van der Waals surface area (Å²) in [7, 11) is 0. The van der Waals surface area contributed by atoms with Crippen LogP contribution in [0.2, 0.25) is 0 Å². The third-order valence-electron chi connectivity index (χ3n) is 0. The molecule has 24 valence electrons. The van der Waals surface area contributed by atoms with Crippen molar-refractivity contribution in [3.05, 3.63) is 0 Å². The van der Waals surface area contributed by atoms with E-state index >= 15 is 0 Å². The standard InChI is InChI=1S/2C2H2.Sn/c2*1-2;/h2*1-2H;. The van der Waals surface area contributed by atoms with Gasteiger partial charge in [0.15, 0.2) is 0 Å². The Morgan fingerprint density at radius 1 is 0.600 bits per heavy atom.